The lowest BCUT2D eigenvalue weighted by molar-refractivity contribution is -0.142. The van der Waals surface area contributed by atoms with Crippen LogP contribution in [0.1, 0.15) is 54.4 Å². The van der Waals surface area contributed by atoms with Crippen LogP contribution in [0.4, 0.5) is 0 Å². The van der Waals surface area contributed by atoms with Crippen molar-refractivity contribution in [2.45, 2.75) is 72.5 Å². The van der Waals surface area contributed by atoms with Crippen molar-refractivity contribution in [3.63, 3.8) is 0 Å². The monoisotopic (exact) mass is 323 g/mol. The van der Waals surface area contributed by atoms with E-state index in [0.29, 0.717) is 17.9 Å². The van der Waals surface area contributed by atoms with E-state index in [1.807, 2.05) is 13.8 Å². The molecule has 2 fully saturated rings. The van der Waals surface area contributed by atoms with Gasteiger partial charge in [-0.2, -0.15) is 0 Å². The molecule has 0 unspecified atom stereocenters. The van der Waals surface area contributed by atoms with Gasteiger partial charge in [-0.3, -0.25) is 9.59 Å². The fraction of sp³-hybridized carbons (Fsp3) is 0.889. The third kappa shape index (κ3) is 3.87. The number of likely N-dealkylation sites (tertiary alicyclic amines) is 1. The second kappa shape index (κ2) is 6.80. The van der Waals surface area contributed by atoms with E-state index < -0.39 is 5.41 Å². The molecule has 2 bridgehead atoms. The number of piperidine rings is 1. The van der Waals surface area contributed by atoms with Crippen molar-refractivity contribution in [3.8, 4) is 0 Å². The highest BCUT2D eigenvalue weighted by Crippen LogP contribution is 2.38. The average molecular weight is 323 g/mol. The van der Waals surface area contributed by atoms with Crippen molar-refractivity contribution < 1.29 is 9.59 Å². The summed E-state index contributed by atoms with van der Waals surface area (Å²) in [5.41, 5.74) is -1.03. The summed E-state index contributed by atoms with van der Waals surface area (Å²) in [4.78, 5) is 27.5. The maximum atomic E-state index is 12.7. The number of fused-ring (bicyclic) bond motifs is 2. The maximum absolute atomic E-state index is 12.7. The predicted molar refractivity (Wildman–Crippen MR) is 91.9 cm³/mol. The van der Waals surface area contributed by atoms with Gasteiger partial charge in [-0.1, -0.05) is 0 Å². The summed E-state index contributed by atoms with van der Waals surface area (Å²) in [5.74, 6) is 0.695. The summed E-state index contributed by atoms with van der Waals surface area (Å²) >= 11 is 0. The van der Waals surface area contributed by atoms with Crippen molar-refractivity contribution in [3.05, 3.63) is 0 Å². The zero-order chi connectivity index (χ0) is 17.4. The van der Waals surface area contributed by atoms with E-state index in [2.05, 4.69) is 29.4 Å². The van der Waals surface area contributed by atoms with Gasteiger partial charge in [-0.15, -0.1) is 0 Å². The Balaban J connectivity index is 2.00. The standard InChI is InChI=1S/C18H33N3O2/c1-11(2)19-16(22)18(5,6)17(23)20-15-13-7-8-14(15)10-21(9-13)12(3)4/h11-15H,7-10H2,1-6H3,(H,19,22)(H,20,23)/t13-,14+,15-. The van der Waals surface area contributed by atoms with Crippen LogP contribution < -0.4 is 10.6 Å². The van der Waals surface area contributed by atoms with Gasteiger partial charge in [0.15, 0.2) is 0 Å². The molecule has 0 aromatic carbocycles. The molecule has 0 aromatic rings. The van der Waals surface area contributed by atoms with Gasteiger partial charge in [0.2, 0.25) is 11.8 Å². The first-order chi connectivity index (χ1) is 10.6. The lowest BCUT2D eigenvalue weighted by atomic mass is 9.87. The first-order valence-corrected chi connectivity index (χ1v) is 8.99. The highest BCUT2D eigenvalue weighted by Gasteiger charge is 2.45. The molecule has 1 heterocycles. The molecule has 2 rings (SSSR count). The Morgan fingerprint density at radius 3 is 1.96 bits per heavy atom. The van der Waals surface area contributed by atoms with Crippen molar-refractivity contribution in [2.24, 2.45) is 17.3 Å². The molecule has 5 heteroatoms. The van der Waals surface area contributed by atoms with Crippen molar-refractivity contribution >= 4 is 11.8 Å². The summed E-state index contributed by atoms with van der Waals surface area (Å²) in [7, 11) is 0. The Bertz CT molecular complexity index is 445. The number of hydrogen-bond donors (Lipinski definition) is 2. The largest absolute Gasteiger partial charge is 0.353 e. The zero-order valence-electron chi connectivity index (χ0n) is 15.5. The molecule has 0 radical (unpaired) electrons. The third-order valence-electron chi connectivity index (χ3n) is 5.45. The van der Waals surface area contributed by atoms with Crippen LogP contribution in [0.2, 0.25) is 0 Å². The van der Waals surface area contributed by atoms with Crippen LogP contribution in [-0.4, -0.2) is 47.9 Å². The molecule has 3 atom stereocenters. The van der Waals surface area contributed by atoms with E-state index in [9.17, 15) is 9.59 Å². The summed E-state index contributed by atoms with van der Waals surface area (Å²) in [6.07, 6.45) is 2.36. The number of carbonyl (C=O) groups is 2. The van der Waals surface area contributed by atoms with Gasteiger partial charge in [0, 0.05) is 31.2 Å². The number of amides is 2. The summed E-state index contributed by atoms with van der Waals surface area (Å²) < 4.78 is 0. The Kier molecular flexibility index (Phi) is 5.39. The van der Waals surface area contributed by atoms with Crippen LogP contribution in [0.5, 0.6) is 0 Å². The Labute approximate surface area is 140 Å². The maximum Gasteiger partial charge on any atom is 0.235 e. The SMILES string of the molecule is CC(C)NC(=O)C(C)(C)C(=O)N[C@@H]1[C@@H]2CC[C@H]1CN(C(C)C)C2. The van der Waals surface area contributed by atoms with Gasteiger partial charge in [0.25, 0.3) is 0 Å². The fourth-order valence-corrected chi connectivity index (χ4v) is 3.79. The molecule has 0 spiro atoms. The van der Waals surface area contributed by atoms with E-state index in [1.165, 1.54) is 12.8 Å². The van der Waals surface area contributed by atoms with Crippen LogP contribution in [-0.2, 0) is 9.59 Å². The normalized spacial score (nSPS) is 28.3. The molecule has 2 N–H and O–H groups in total. The van der Waals surface area contributed by atoms with E-state index in [1.54, 1.807) is 13.8 Å². The van der Waals surface area contributed by atoms with Crippen LogP contribution in [0.25, 0.3) is 0 Å². The third-order valence-corrected chi connectivity index (χ3v) is 5.45. The molecular weight excluding hydrogens is 290 g/mol. The number of nitrogens with zero attached hydrogens (tertiary/aromatic N) is 1. The van der Waals surface area contributed by atoms with Gasteiger partial charge in [-0.25, -0.2) is 0 Å². The molecule has 1 saturated carbocycles. The molecule has 23 heavy (non-hydrogen) atoms. The van der Waals surface area contributed by atoms with Gasteiger partial charge in [-0.05, 0) is 66.2 Å². The minimum atomic E-state index is -1.03. The van der Waals surface area contributed by atoms with E-state index in [0.717, 1.165) is 13.1 Å². The molecule has 2 aliphatic rings. The van der Waals surface area contributed by atoms with Gasteiger partial charge in [0.1, 0.15) is 5.41 Å². The van der Waals surface area contributed by atoms with Crippen molar-refractivity contribution in [2.75, 3.05) is 13.1 Å². The van der Waals surface area contributed by atoms with Crippen LogP contribution in [0.15, 0.2) is 0 Å². The van der Waals surface area contributed by atoms with Crippen molar-refractivity contribution in [1.29, 1.82) is 0 Å². The average Bonchev–Trinajstić information content (AvgIpc) is 2.68. The van der Waals surface area contributed by atoms with Crippen LogP contribution in [0.3, 0.4) is 0 Å². The molecule has 1 aliphatic heterocycles. The van der Waals surface area contributed by atoms with Gasteiger partial charge >= 0.3 is 0 Å². The Morgan fingerprint density at radius 1 is 1.00 bits per heavy atom. The minimum absolute atomic E-state index is 0.0417. The Morgan fingerprint density at radius 2 is 1.52 bits per heavy atom. The number of nitrogens with one attached hydrogen (secondary N) is 2. The molecule has 5 nitrogen and oxygen atoms in total. The lowest BCUT2D eigenvalue weighted by Gasteiger charge is -2.41. The Hall–Kier alpha value is -1.10. The fourth-order valence-electron chi connectivity index (χ4n) is 3.79. The minimum Gasteiger partial charge on any atom is -0.353 e. The second-order valence-corrected chi connectivity index (χ2v) is 8.40. The first-order valence-electron chi connectivity index (χ1n) is 8.99. The summed E-state index contributed by atoms with van der Waals surface area (Å²) in [5, 5.41) is 6.06. The lowest BCUT2D eigenvalue weighted by Crippen LogP contribution is -2.58. The quantitative estimate of drug-likeness (QED) is 0.758. The van der Waals surface area contributed by atoms with Gasteiger partial charge < -0.3 is 15.5 Å². The second-order valence-electron chi connectivity index (χ2n) is 8.40. The molecule has 0 aromatic heterocycles. The smallest absolute Gasteiger partial charge is 0.235 e. The topological polar surface area (TPSA) is 61.4 Å². The van der Waals surface area contributed by atoms with E-state index in [-0.39, 0.29) is 23.9 Å². The van der Waals surface area contributed by atoms with E-state index >= 15 is 0 Å². The summed E-state index contributed by atoms with van der Waals surface area (Å²) in [6.45, 7) is 13.8. The highest BCUT2D eigenvalue weighted by atomic mass is 16.2. The van der Waals surface area contributed by atoms with Gasteiger partial charge in [0.05, 0.1) is 0 Å². The summed E-state index contributed by atoms with van der Waals surface area (Å²) in [6, 6.07) is 0.826. The van der Waals surface area contributed by atoms with E-state index in [4.69, 9.17) is 0 Å². The number of rotatable bonds is 5. The number of carbonyl (C=O) groups excluding carboxylic acids is 2. The molecule has 1 saturated heterocycles. The zero-order valence-corrected chi connectivity index (χ0v) is 15.5. The molecule has 1 aliphatic carbocycles. The molecule has 2 amide bonds. The molecule has 132 valence electrons. The predicted octanol–water partition coefficient (Wildman–Crippen LogP) is 1.77. The molecular formula is C18H33N3O2. The van der Waals surface area contributed by atoms with Crippen LogP contribution in [0, 0.1) is 17.3 Å². The van der Waals surface area contributed by atoms with Crippen LogP contribution >= 0.6 is 0 Å². The van der Waals surface area contributed by atoms with Crippen molar-refractivity contribution in [1.82, 2.24) is 15.5 Å². The number of hydrogen-bond acceptors (Lipinski definition) is 3. The first kappa shape index (κ1) is 18.2. The highest BCUT2D eigenvalue weighted by molar-refractivity contribution is 6.04.